The van der Waals surface area contributed by atoms with Crippen molar-refractivity contribution in [2.24, 2.45) is 0 Å². The van der Waals surface area contributed by atoms with Gasteiger partial charge in [0.15, 0.2) is 5.75 Å². The average molecular weight is 325 g/mol. The first-order chi connectivity index (χ1) is 11.6. The molecule has 0 unspecified atom stereocenters. The highest BCUT2D eigenvalue weighted by atomic mass is 16.6. The van der Waals surface area contributed by atoms with Crippen LogP contribution in [0.4, 0.5) is 5.69 Å². The van der Waals surface area contributed by atoms with Crippen molar-refractivity contribution in [3.05, 3.63) is 58.7 Å². The highest BCUT2D eigenvalue weighted by Gasteiger charge is 2.11. The van der Waals surface area contributed by atoms with Crippen LogP contribution in [0.25, 0.3) is 0 Å². The number of rotatable bonds is 5. The first kappa shape index (κ1) is 16.8. The molecule has 0 aliphatic carbocycles. The SMILES string of the molecule is Cc1ccc(NOc2ccc(CN3CCNCC3)c(C)c2)cc1C. The molecular formula is C20H27N3O. The molecule has 4 heteroatoms. The van der Waals surface area contributed by atoms with Crippen LogP contribution in [0.2, 0.25) is 0 Å². The summed E-state index contributed by atoms with van der Waals surface area (Å²) in [5, 5.41) is 3.39. The molecule has 2 aromatic rings. The van der Waals surface area contributed by atoms with E-state index in [-0.39, 0.29) is 0 Å². The molecule has 2 N–H and O–H groups in total. The zero-order valence-electron chi connectivity index (χ0n) is 14.9. The third kappa shape index (κ3) is 4.28. The number of nitrogens with one attached hydrogen (secondary N) is 2. The maximum atomic E-state index is 5.74. The van der Waals surface area contributed by atoms with E-state index >= 15 is 0 Å². The van der Waals surface area contributed by atoms with Crippen LogP contribution < -0.4 is 15.6 Å². The minimum atomic E-state index is 0.842. The lowest BCUT2D eigenvalue weighted by Gasteiger charge is -2.27. The molecule has 2 aromatic carbocycles. The van der Waals surface area contributed by atoms with Gasteiger partial charge in [-0.1, -0.05) is 12.1 Å². The molecule has 3 rings (SSSR count). The number of benzene rings is 2. The van der Waals surface area contributed by atoms with Gasteiger partial charge >= 0.3 is 0 Å². The molecule has 1 aliphatic rings. The maximum absolute atomic E-state index is 5.74. The first-order valence-electron chi connectivity index (χ1n) is 8.64. The van der Waals surface area contributed by atoms with Crippen LogP contribution >= 0.6 is 0 Å². The molecule has 128 valence electrons. The van der Waals surface area contributed by atoms with Crippen LogP contribution in [0.3, 0.4) is 0 Å². The van der Waals surface area contributed by atoms with Crippen molar-refractivity contribution in [2.75, 3.05) is 31.7 Å². The molecule has 0 saturated carbocycles. The monoisotopic (exact) mass is 325 g/mol. The van der Waals surface area contributed by atoms with Crippen LogP contribution in [-0.4, -0.2) is 31.1 Å². The van der Waals surface area contributed by atoms with E-state index in [1.54, 1.807) is 0 Å². The fraction of sp³-hybridized carbons (Fsp3) is 0.400. The van der Waals surface area contributed by atoms with Gasteiger partial charge < -0.3 is 10.2 Å². The quantitative estimate of drug-likeness (QED) is 0.826. The van der Waals surface area contributed by atoms with Crippen molar-refractivity contribution < 1.29 is 4.84 Å². The van der Waals surface area contributed by atoms with E-state index in [1.807, 2.05) is 12.1 Å². The summed E-state index contributed by atoms with van der Waals surface area (Å²) in [7, 11) is 0. The molecule has 4 nitrogen and oxygen atoms in total. The van der Waals surface area contributed by atoms with Gasteiger partial charge in [0.25, 0.3) is 0 Å². The lowest BCUT2D eigenvalue weighted by atomic mass is 10.1. The predicted octanol–water partition coefficient (Wildman–Crippen LogP) is 3.42. The van der Waals surface area contributed by atoms with E-state index in [2.05, 4.69) is 60.7 Å². The fourth-order valence-electron chi connectivity index (χ4n) is 2.94. The van der Waals surface area contributed by atoms with Gasteiger partial charge in [-0.3, -0.25) is 4.90 Å². The number of hydrogen-bond donors (Lipinski definition) is 2. The Morgan fingerprint density at radius 1 is 0.958 bits per heavy atom. The van der Waals surface area contributed by atoms with Gasteiger partial charge in [-0.15, -0.1) is 0 Å². The standard InChI is InChI=1S/C20H27N3O/c1-15-4-6-19(12-16(15)2)22-24-20-7-5-18(17(3)13-20)14-23-10-8-21-9-11-23/h4-7,12-13,21-22H,8-11,14H2,1-3H3. The molecule has 0 amide bonds. The summed E-state index contributed by atoms with van der Waals surface area (Å²) in [5.41, 5.74) is 9.19. The van der Waals surface area contributed by atoms with Gasteiger partial charge in [0.1, 0.15) is 0 Å². The lowest BCUT2D eigenvalue weighted by molar-refractivity contribution is 0.233. The third-order valence-corrected chi connectivity index (χ3v) is 4.71. The smallest absolute Gasteiger partial charge is 0.155 e. The van der Waals surface area contributed by atoms with E-state index < -0.39 is 0 Å². The van der Waals surface area contributed by atoms with Crippen molar-refractivity contribution in [3.8, 4) is 5.75 Å². The van der Waals surface area contributed by atoms with E-state index in [1.165, 1.54) is 22.3 Å². The summed E-state index contributed by atoms with van der Waals surface area (Å²) in [4.78, 5) is 8.23. The van der Waals surface area contributed by atoms with E-state index in [9.17, 15) is 0 Å². The maximum Gasteiger partial charge on any atom is 0.155 e. The van der Waals surface area contributed by atoms with Gasteiger partial charge in [0, 0.05) is 32.7 Å². The molecule has 0 bridgehead atoms. The number of nitrogens with zero attached hydrogens (tertiary/aromatic N) is 1. The summed E-state index contributed by atoms with van der Waals surface area (Å²) < 4.78 is 0. The Morgan fingerprint density at radius 2 is 1.75 bits per heavy atom. The van der Waals surface area contributed by atoms with Crippen LogP contribution in [0.15, 0.2) is 36.4 Å². The highest BCUT2D eigenvalue weighted by Crippen LogP contribution is 2.20. The van der Waals surface area contributed by atoms with E-state index in [4.69, 9.17) is 4.84 Å². The van der Waals surface area contributed by atoms with Crippen molar-refractivity contribution in [2.45, 2.75) is 27.3 Å². The minimum Gasteiger partial charge on any atom is -0.382 e. The Balaban J connectivity index is 1.60. The van der Waals surface area contributed by atoms with Gasteiger partial charge in [-0.05, 0) is 67.3 Å². The zero-order valence-corrected chi connectivity index (χ0v) is 14.9. The van der Waals surface area contributed by atoms with E-state index in [0.29, 0.717) is 0 Å². The molecule has 1 saturated heterocycles. The Bertz CT molecular complexity index is 693. The average Bonchev–Trinajstić information content (AvgIpc) is 2.59. The Morgan fingerprint density at radius 3 is 2.46 bits per heavy atom. The second-order valence-electron chi connectivity index (χ2n) is 6.62. The van der Waals surface area contributed by atoms with Crippen LogP contribution in [0, 0.1) is 20.8 Å². The summed E-state index contributed by atoms with van der Waals surface area (Å²) in [6, 6.07) is 12.6. The molecule has 1 heterocycles. The lowest BCUT2D eigenvalue weighted by Crippen LogP contribution is -2.42. The van der Waals surface area contributed by atoms with Crippen molar-refractivity contribution in [1.29, 1.82) is 0 Å². The number of anilines is 1. The minimum absolute atomic E-state index is 0.842. The molecule has 1 fully saturated rings. The summed E-state index contributed by atoms with van der Waals surface area (Å²) in [6.07, 6.45) is 0. The number of aryl methyl sites for hydroxylation is 3. The normalized spacial score (nSPS) is 15.3. The summed E-state index contributed by atoms with van der Waals surface area (Å²) >= 11 is 0. The second kappa shape index (κ2) is 7.69. The molecule has 0 aromatic heterocycles. The van der Waals surface area contributed by atoms with Crippen LogP contribution in [0.1, 0.15) is 22.3 Å². The Kier molecular flexibility index (Phi) is 5.38. The van der Waals surface area contributed by atoms with E-state index in [0.717, 1.165) is 44.2 Å². The number of hydrogen-bond acceptors (Lipinski definition) is 4. The predicted molar refractivity (Wildman–Crippen MR) is 99.5 cm³/mol. The molecule has 1 aliphatic heterocycles. The highest BCUT2D eigenvalue weighted by molar-refractivity contribution is 5.47. The second-order valence-corrected chi connectivity index (χ2v) is 6.62. The van der Waals surface area contributed by atoms with Crippen molar-refractivity contribution >= 4 is 5.69 Å². The Labute approximate surface area is 144 Å². The van der Waals surface area contributed by atoms with Gasteiger partial charge in [-0.2, -0.15) is 0 Å². The molecule has 24 heavy (non-hydrogen) atoms. The van der Waals surface area contributed by atoms with Gasteiger partial charge in [-0.25, -0.2) is 5.48 Å². The molecular weight excluding hydrogens is 298 g/mol. The molecule has 0 spiro atoms. The van der Waals surface area contributed by atoms with Gasteiger partial charge in [0.2, 0.25) is 0 Å². The zero-order chi connectivity index (χ0) is 16.9. The summed E-state index contributed by atoms with van der Waals surface area (Å²) in [6.45, 7) is 11.8. The van der Waals surface area contributed by atoms with Gasteiger partial charge in [0.05, 0.1) is 5.69 Å². The third-order valence-electron chi connectivity index (χ3n) is 4.71. The molecule has 0 atom stereocenters. The topological polar surface area (TPSA) is 36.5 Å². The first-order valence-corrected chi connectivity index (χ1v) is 8.64. The molecule has 0 radical (unpaired) electrons. The largest absolute Gasteiger partial charge is 0.382 e. The van der Waals surface area contributed by atoms with Crippen molar-refractivity contribution in [1.82, 2.24) is 10.2 Å². The summed E-state index contributed by atoms with van der Waals surface area (Å²) in [5.74, 6) is 0.842. The fourth-order valence-corrected chi connectivity index (χ4v) is 2.94. The van der Waals surface area contributed by atoms with Crippen molar-refractivity contribution in [3.63, 3.8) is 0 Å². The van der Waals surface area contributed by atoms with Crippen LogP contribution in [-0.2, 0) is 6.54 Å². The number of piperazine rings is 1. The Hall–Kier alpha value is -2.04. The van der Waals surface area contributed by atoms with Crippen LogP contribution in [0.5, 0.6) is 5.75 Å².